The third-order valence-corrected chi connectivity index (χ3v) is 3.72. The third kappa shape index (κ3) is 4.67. The minimum atomic E-state index is -0.467. The number of nitrogens with zero attached hydrogens (tertiary/aromatic N) is 2. The van der Waals surface area contributed by atoms with E-state index in [1.54, 1.807) is 6.20 Å². The molecule has 6 nitrogen and oxygen atoms in total. The van der Waals surface area contributed by atoms with Gasteiger partial charge >= 0.3 is 0 Å². The first-order valence-electron chi connectivity index (χ1n) is 7.75. The minimum Gasteiger partial charge on any atom is -0.391 e. The summed E-state index contributed by atoms with van der Waals surface area (Å²) < 4.78 is 0. The van der Waals surface area contributed by atoms with E-state index < -0.39 is 6.10 Å². The van der Waals surface area contributed by atoms with Crippen LogP contribution in [0, 0.1) is 0 Å². The maximum absolute atomic E-state index is 12.2. The number of hydrogen-bond acceptors (Lipinski definition) is 5. The molecule has 0 radical (unpaired) electrons. The van der Waals surface area contributed by atoms with Gasteiger partial charge in [0.25, 0.3) is 5.91 Å². The molecule has 3 N–H and O–H groups in total. The normalized spacial score (nSPS) is 22.4. The molecule has 2 rings (SSSR count). The van der Waals surface area contributed by atoms with Crippen LogP contribution < -0.4 is 10.6 Å². The van der Waals surface area contributed by atoms with Crippen LogP contribution in [0.1, 0.15) is 55.9 Å². The molecule has 1 fully saturated rings. The van der Waals surface area contributed by atoms with E-state index in [0.29, 0.717) is 5.82 Å². The minimum absolute atomic E-state index is 0.186. The van der Waals surface area contributed by atoms with Gasteiger partial charge in [-0.2, -0.15) is 0 Å². The quantitative estimate of drug-likeness (QED) is 0.719. The second kappa shape index (κ2) is 7.93. The van der Waals surface area contributed by atoms with Gasteiger partial charge in [0.15, 0.2) is 0 Å². The number of carbonyl (C=O) groups excluding carboxylic acids is 1. The molecule has 0 spiro atoms. The van der Waals surface area contributed by atoms with E-state index in [9.17, 15) is 9.90 Å². The average Bonchev–Trinajstić information content (AvgIpc) is 2.70. The van der Waals surface area contributed by atoms with Crippen molar-refractivity contribution in [3.63, 3.8) is 0 Å². The monoisotopic (exact) mass is 292 g/mol. The van der Waals surface area contributed by atoms with Crippen LogP contribution in [0.4, 0.5) is 5.82 Å². The molecule has 0 saturated heterocycles. The number of rotatable bonds is 5. The summed E-state index contributed by atoms with van der Waals surface area (Å²) in [5.74, 6) is 0.333. The van der Waals surface area contributed by atoms with Crippen molar-refractivity contribution in [3.05, 3.63) is 18.1 Å². The molecule has 6 heteroatoms. The van der Waals surface area contributed by atoms with E-state index in [4.69, 9.17) is 0 Å². The van der Waals surface area contributed by atoms with Crippen molar-refractivity contribution < 1.29 is 9.90 Å². The van der Waals surface area contributed by atoms with E-state index in [2.05, 4.69) is 27.5 Å². The Hall–Kier alpha value is -1.69. The molecule has 1 aliphatic rings. The summed E-state index contributed by atoms with van der Waals surface area (Å²) in [4.78, 5) is 20.5. The van der Waals surface area contributed by atoms with Crippen molar-refractivity contribution >= 4 is 11.7 Å². The van der Waals surface area contributed by atoms with Crippen LogP contribution in [-0.2, 0) is 0 Å². The number of hydrogen-bond donors (Lipinski definition) is 3. The Morgan fingerprint density at radius 3 is 2.95 bits per heavy atom. The lowest BCUT2D eigenvalue weighted by Crippen LogP contribution is -2.43. The summed E-state index contributed by atoms with van der Waals surface area (Å²) in [5, 5.41) is 16.1. The first kappa shape index (κ1) is 15.7. The summed E-state index contributed by atoms with van der Waals surface area (Å²) in [6, 6.07) is -0.186. The smallest absolute Gasteiger partial charge is 0.271 e. The molecular formula is C15H24N4O2. The van der Waals surface area contributed by atoms with Gasteiger partial charge in [0.2, 0.25) is 0 Å². The van der Waals surface area contributed by atoms with Gasteiger partial charge in [0, 0.05) is 6.54 Å². The molecule has 21 heavy (non-hydrogen) atoms. The van der Waals surface area contributed by atoms with Crippen LogP contribution in [0.3, 0.4) is 0 Å². The summed E-state index contributed by atoms with van der Waals surface area (Å²) >= 11 is 0. The molecule has 1 aromatic rings. The Morgan fingerprint density at radius 1 is 1.33 bits per heavy atom. The predicted octanol–water partition coefficient (Wildman–Crippen LogP) is 1.72. The molecule has 116 valence electrons. The maximum atomic E-state index is 12.2. The second-order valence-corrected chi connectivity index (χ2v) is 5.50. The van der Waals surface area contributed by atoms with Gasteiger partial charge in [-0.15, -0.1) is 0 Å². The number of carbonyl (C=O) groups is 1. The van der Waals surface area contributed by atoms with Crippen molar-refractivity contribution in [2.75, 3.05) is 11.9 Å². The fraction of sp³-hybridized carbons (Fsp3) is 0.667. The number of anilines is 1. The zero-order valence-corrected chi connectivity index (χ0v) is 12.5. The van der Waals surface area contributed by atoms with E-state index >= 15 is 0 Å². The zero-order chi connectivity index (χ0) is 15.1. The first-order chi connectivity index (χ1) is 10.2. The van der Waals surface area contributed by atoms with Gasteiger partial charge in [-0.1, -0.05) is 26.2 Å². The van der Waals surface area contributed by atoms with Crippen LogP contribution in [-0.4, -0.2) is 39.7 Å². The van der Waals surface area contributed by atoms with Crippen LogP contribution >= 0.6 is 0 Å². The number of aliphatic hydroxyl groups is 1. The Balaban J connectivity index is 1.98. The van der Waals surface area contributed by atoms with Crippen molar-refractivity contribution in [1.29, 1.82) is 0 Å². The average molecular weight is 292 g/mol. The van der Waals surface area contributed by atoms with Crippen LogP contribution in [0.15, 0.2) is 12.4 Å². The highest BCUT2D eigenvalue weighted by Crippen LogP contribution is 2.18. The van der Waals surface area contributed by atoms with Crippen LogP contribution in [0.25, 0.3) is 0 Å². The Bertz CT molecular complexity index is 467. The summed E-state index contributed by atoms with van der Waals surface area (Å²) in [5.41, 5.74) is 0.285. The lowest BCUT2D eigenvalue weighted by atomic mass is 10.1. The van der Waals surface area contributed by atoms with Crippen LogP contribution in [0.2, 0.25) is 0 Å². The van der Waals surface area contributed by atoms with Crippen molar-refractivity contribution in [2.45, 2.75) is 57.6 Å². The number of aliphatic hydroxyl groups excluding tert-OH is 1. The van der Waals surface area contributed by atoms with E-state index in [-0.39, 0.29) is 17.6 Å². The van der Waals surface area contributed by atoms with Crippen molar-refractivity contribution in [3.8, 4) is 0 Å². The molecule has 2 unspecified atom stereocenters. The standard InChI is InChI=1S/C15H24N4O2/c1-2-8-17-14-10-16-9-12(18-14)15(21)19-11-6-4-3-5-7-13(11)20/h9-11,13,20H,2-8H2,1H3,(H,17,18)(H,19,21). The molecule has 1 saturated carbocycles. The maximum Gasteiger partial charge on any atom is 0.271 e. The molecule has 0 aliphatic heterocycles. The number of amides is 1. The molecule has 1 aliphatic carbocycles. The SMILES string of the molecule is CCCNc1cncc(C(=O)NC2CCCCCC2O)n1. The van der Waals surface area contributed by atoms with Gasteiger partial charge < -0.3 is 15.7 Å². The van der Waals surface area contributed by atoms with Crippen molar-refractivity contribution in [1.82, 2.24) is 15.3 Å². The largest absolute Gasteiger partial charge is 0.391 e. The lowest BCUT2D eigenvalue weighted by Gasteiger charge is -2.21. The topological polar surface area (TPSA) is 87.1 Å². The fourth-order valence-electron chi connectivity index (χ4n) is 2.51. The van der Waals surface area contributed by atoms with E-state index in [1.807, 2.05) is 0 Å². The summed E-state index contributed by atoms with van der Waals surface area (Å²) in [6.45, 7) is 2.85. The number of nitrogens with one attached hydrogen (secondary N) is 2. The van der Waals surface area contributed by atoms with Gasteiger partial charge in [0.05, 0.1) is 24.5 Å². The lowest BCUT2D eigenvalue weighted by molar-refractivity contribution is 0.0814. The highest BCUT2D eigenvalue weighted by molar-refractivity contribution is 5.92. The summed E-state index contributed by atoms with van der Waals surface area (Å²) in [6.07, 6.45) is 8.29. The highest BCUT2D eigenvalue weighted by atomic mass is 16.3. The zero-order valence-electron chi connectivity index (χ0n) is 12.5. The molecule has 1 aromatic heterocycles. The fourth-order valence-corrected chi connectivity index (χ4v) is 2.51. The van der Waals surface area contributed by atoms with Gasteiger partial charge in [-0.25, -0.2) is 4.98 Å². The molecule has 0 bridgehead atoms. The van der Waals surface area contributed by atoms with E-state index in [1.165, 1.54) is 6.20 Å². The Kier molecular flexibility index (Phi) is 5.92. The van der Waals surface area contributed by atoms with Gasteiger partial charge in [0.1, 0.15) is 11.5 Å². The number of aromatic nitrogens is 2. The summed E-state index contributed by atoms with van der Waals surface area (Å²) in [7, 11) is 0. The molecule has 1 amide bonds. The molecule has 1 heterocycles. The van der Waals surface area contributed by atoms with Gasteiger partial charge in [-0.3, -0.25) is 9.78 Å². The molecule has 0 aromatic carbocycles. The van der Waals surface area contributed by atoms with E-state index in [0.717, 1.165) is 45.1 Å². The van der Waals surface area contributed by atoms with Crippen molar-refractivity contribution in [2.24, 2.45) is 0 Å². The molecule has 2 atom stereocenters. The van der Waals surface area contributed by atoms with Crippen LogP contribution in [0.5, 0.6) is 0 Å². The predicted molar refractivity (Wildman–Crippen MR) is 81.2 cm³/mol. The molecular weight excluding hydrogens is 268 g/mol. The Morgan fingerprint density at radius 2 is 2.14 bits per heavy atom. The third-order valence-electron chi connectivity index (χ3n) is 3.72. The first-order valence-corrected chi connectivity index (χ1v) is 7.75. The second-order valence-electron chi connectivity index (χ2n) is 5.50. The Labute approximate surface area is 125 Å². The van der Waals surface area contributed by atoms with Gasteiger partial charge in [-0.05, 0) is 19.3 Å². The highest BCUT2D eigenvalue weighted by Gasteiger charge is 2.24.